The maximum Gasteiger partial charge on any atom is 0.251 e. The highest BCUT2D eigenvalue weighted by molar-refractivity contribution is 5.91. The molecule has 0 aliphatic rings. The van der Waals surface area contributed by atoms with E-state index in [0.717, 1.165) is 23.2 Å². The summed E-state index contributed by atoms with van der Waals surface area (Å²) >= 11 is 0. The number of hydrogen-bond donors (Lipinski definition) is 2. The van der Waals surface area contributed by atoms with Crippen LogP contribution in [0.5, 0.6) is 0 Å². The van der Waals surface area contributed by atoms with E-state index in [2.05, 4.69) is 46.5 Å². The number of benzene rings is 2. The fourth-order valence-electron chi connectivity index (χ4n) is 2.99. The molecule has 3 rings (SSSR count). The molecule has 1 heterocycles. The van der Waals surface area contributed by atoms with Crippen LogP contribution in [0, 0.1) is 0 Å². The molecule has 0 aliphatic heterocycles. The van der Waals surface area contributed by atoms with Crippen molar-refractivity contribution in [2.24, 2.45) is 0 Å². The molecule has 3 aromatic rings. The van der Waals surface area contributed by atoms with Gasteiger partial charge in [-0.1, -0.05) is 50.2 Å². The second kappa shape index (κ2) is 9.13. The summed E-state index contributed by atoms with van der Waals surface area (Å²) in [5.41, 5.74) is 4.46. The molecule has 0 saturated heterocycles. The predicted molar refractivity (Wildman–Crippen MR) is 112 cm³/mol. The standard InChI is InChI=1S/C23H25N3O2/c1-3-16-8-10-17(11-9-16)12-13-21(27)24-20-7-5-6-18(14-20)23-25-19(4-2)15-22(28)26-23/h5-11,14-15H,3-4,12-13H2,1-2H3,(H,24,27)(H,25,26,28). The largest absolute Gasteiger partial charge is 0.326 e. The highest BCUT2D eigenvalue weighted by Gasteiger charge is 2.07. The average molecular weight is 375 g/mol. The maximum absolute atomic E-state index is 12.3. The molecular formula is C23H25N3O2. The Bertz CT molecular complexity index is 1010. The van der Waals surface area contributed by atoms with Gasteiger partial charge in [-0.05, 0) is 42.5 Å². The van der Waals surface area contributed by atoms with Gasteiger partial charge in [-0.3, -0.25) is 9.59 Å². The van der Waals surface area contributed by atoms with E-state index in [1.165, 1.54) is 11.6 Å². The Hall–Kier alpha value is -3.21. The molecule has 5 nitrogen and oxygen atoms in total. The molecule has 2 aromatic carbocycles. The number of rotatable bonds is 7. The molecule has 0 radical (unpaired) electrons. The molecule has 0 aliphatic carbocycles. The summed E-state index contributed by atoms with van der Waals surface area (Å²) in [6.45, 7) is 4.08. The molecule has 0 saturated carbocycles. The Morgan fingerprint density at radius 1 is 1.00 bits per heavy atom. The van der Waals surface area contributed by atoms with E-state index in [1.54, 1.807) is 0 Å². The number of aryl methyl sites for hydroxylation is 3. The minimum atomic E-state index is -0.176. The van der Waals surface area contributed by atoms with E-state index in [4.69, 9.17) is 0 Å². The second-order valence-electron chi connectivity index (χ2n) is 6.74. The van der Waals surface area contributed by atoms with Gasteiger partial charge in [0.05, 0.1) is 0 Å². The summed E-state index contributed by atoms with van der Waals surface area (Å²) in [7, 11) is 0. The number of H-pyrrole nitrogens is 1. The van der Waals surface area contributed by atoms with Crippen molar-refractivity contribution in [1.29, 1.82) is 0 Å². The summed E-state index contributed by atoms with van der Waals surface area (Å²) in [5, 5.41) is 2.93. The molecule has 0 fully saturated rings. The molecule has 1 amide bonds. The van der Waals surface area contributed by atoms with Gasteiger partial charge in [-0.25, -0.2) is 4.98 Å². The summed E-state index contributed by atoms with van der Waals surface area (Å²) in [4.78, 5) is 31.3. The van der Waals surface area contributed by atoms with Gasteiger partial charge in [0.25, 0.3) is 5.56 Å². The Kier molecular flexibility index (Phi) is 6.37. The van der Waals surface area contributed by atoms with Crippen molar-refractivity contribution >= 4 is 11.6 Å². The van der Waals surface area contributed by atoms with Gasteiger partial charge in [0, 0.05) is 29.4 Å². The average Bonchev–Trinajstić information content (AvgIpc) is 2.72. The van der Waals surface area contributed by atoms with Gasteiger partial charge in [0.15, 0.2) is 0 Å². The molecule has 0 spiro atoms. The lowest BCUT2D eigenvalue weighted by molar-refractivity contribution is -0.116. The van der Waals surface area contributed by atoms with Crippen LogP contribution in [0.4, 0.5) is 5.69 Å². The van der Waals surface area contributed by atoms with Crippen molar-refractivity contribution in [2.45, 2.75) is 39.5 Å². The van der Waals surface area contributed by atoms with Crippen molar-refractivity contribution in [3.05, 3.63) is 81.8 Å². The molecule has 0 unspecified atom stereocenters. The summed E-state index contributed by atoms with van der Waals surface area (Å²) in [5.74, 6) is 0.469. The zero-order chi connectivity index (χ0) is 19.9. The predicted octanol–water partition coefficient (Wildman–Crippen LogP) is 4.13. The van der Waals surface area contributed by atoms with Crippen LogP contribution in [0.25, 0.3) is 11.4 Å². The number of amides is 1. The van der Waals surface area contributed by atoms with Crippen LogP contribution in [-0.4, -0.2) is 15.9 Å². The Morgan fingerprint density at radius 2 is 1.75 bits per heavy atom. The van der Waals surface area contributed by atoms with Crippen LogP contribution in [0.15, 0.2) is 59.4 Å². The SMILES string of the molecule is CCc1ccc(CCC(=O)Nc2cccc(-c3nc(CC)cc(=O)[nH]3)c2)cc1. The van der Waals surface area contributed by atoms with Crippen LogP contribution < -0.4 is 10.9 Å². The quantitative estimate of drug-likeness (QED) is 0.652. The monoisotopic (exact) mass is 375 g/mol. The molecule has 1 aromatic heterocycles. The Labute approximate surface area is 164 Å². The lowest BCUT2D eigenvalue weighted by Crippen LogP contribution is -2.13. The van der Waals surface area contributed by atoms with Crippen molar-refractivity contribution in [3.8, 4) is 11.4 Å². The van der Waals surface area contributed by atoms with Gasteiger partial charge in [-0.15, -0.1) is 0 Å². The highest BCUT2D eigenvalue weighted by Crippen LogP contribution is 2.19. The molecule has 5 heteroatoms. The molecule has 144 valence electrons. The molecule has 2 N–H and O–H groups in total. The van der Waals surface area contributed by atoms with E-state index in [1.807, 2.05) is 31.2 Å². The number of aromatic amines is 1. The van der Waals surface area contributed by atoms with E-state index in [0.29, 0.717) is 30.8 Å². The number of anilines is 1. The first-order valence-corrected chi connectivity index (χ1v) is 9.65. The van der Waals surface area contributed by atoms with E-state index >= 15 is 0 Å². The Morgan fingerprint density at radius 3 is 2.46 bits per heavy atom. The molecule has 28 heavy (non-hydrogen) atoms. The lowest BCUT2D eigenvalue weighted by atomic mass is 10.1. The first-order chi connectivity index (χ1) is 13.6. The number of carbonyl (C=O) groups is 1. The third-order valence-electron chi connectivity index (χ3n) is 4.65. The van der Waals surface area contributed by atoms with Crippen molar-refractivity contribution in [3.63, 3.8) is 0 Å². The van der Waals surface area contributed by atoms with Crippen LogP contribution in [-0.2, 0) is 24.1 Å². The van der Waals surface area contributed by atoms with Crippen molar-refractivity contribution in [2.75, 3.05) is 5.32 Å². The summed E-state index contributed by atoms with van der Waals surface area (Å²) < 4.78 is 0. The minimum Gasteiger partial charge on any atom is -0.326 e. The fraction of sp³-hybridized carbons (Fsp3) is 0.261. The van der Waals surface area contributed by atoms with Crippen LogP contribution in [0.1, 0.15) is 37.1 Å². The zero-order valence-corrected chi connectivity index (χ0v) is 16.3. The zero-order valence-electron chi connectivity index (χ0n) is 16.3. The van der Waals surface area contributed by atoms with Crippen LogP contribution in [0.3, 0.4) is 0 Å². The topological polar surface area (TPSA) is 74.8 Å². The number of nitrogens with zero attached hydrogens (tertiary/aromatic N) is 1. The third kappa shape index (κ3) is 5.16. The van der Waals surface area contributed by atoms with E-state index < -0.39 is 0 Å². The number of carbonyl (C=O) groups excluding carboxylic acids is 1. The molecular weight excluding hydrogens is 350 g/mol. The van der Waals surface area contributed by atoms with E-state index in [9.17, 15) is 9.59 Å². The minimum absolute atomic E-state index is 0.0412. The van der Waals surface area contributed by atoms with Crippen LogP contribution in [0.2, 0.25) is 0 Å². The Balaban J connectivity index is 1.66. The van der Waals surface area contributed by atoms with E-state index in [-0.39, 0.29) is 11.5 Å². The number of hydrogen-bond acceptors (Lipinski definition) is 3. The van der Waals surface area contributed by atoms with Crippen molar-refractivity contribution in [1.82, 2.24) is 9.97 Å². The highest BCUT2D eigenvalue weighted by atomic mass is 16.1. The van der Waals surface area contributed by atoms with Crippen molar-refractivity contribution < 1.29 is 4.79 Å². The second-order valence-corrected chi connectivity index (χ2v) is 6.74. The summed E-state index contributed by atoms with van der Waals surface area (Å²) in [6, 6.07) is 17.2. The van der Waals surface area contributed by atoms with Gasteiger partial charge in [0.1, 0.15) is 5.82 Å². The van der Waals surface area contributed by atoms with Gasteiger partial charge in [-0.2, -0.15) is 0 Å². The van der Waals surface area contributed by atoms with Gasteiger partial charge < -0.3 is 10.3 Å². The molecule has 0 atom stereocenters. The normalized spacial score (nSPS) is 10.6. The smallest absolute Gasteiger partial charge is 0.251 e. The van der Waals surface area contributed by atoms with Gasteiger partial charge >= 0.3 is 0 Å². The fourth-order valence-corrected chi connectivity index (χ4v) is 2.99. The first-order valence-electron chi connectivity index (χ1n) is 9.65. The van der Waals surface area contributed by atoms with Gasteiger partial charge in [0.2, 0.25) is 5.91 Å². The first kappa shape index (κ1) is 19.5. The number of aromatic nitrogens is 2. The molecule has 0 bridgehead atoms. The summed E-state index contributed by atoms with van der Waals surface area (Å²) in [6.07, 6.45) is 2.81. The third-order valence-corrected chi connectivity index (χ3v) is 4.65. The van der Waals surface area contributed by atoms with Crippen LogP contribution >= 0.6 is 0 Å². The number of nitrogens with one attached hydrogen (secondary N) is 2. The lowest BCUT2D eigenvalue weighted by Gasteiger charge is -2.08. The maximum atomic E-state index is 12.3.